The average molecular weight is 585 g/mol. The Morgan fingerprint density at radius 2 is 1.44 bits per heavy atom. The van der Waals surface area contributed by atoms with E-state index >= 15 is 0 Å². The molecule has 13 heteroatoms. The lowest BCUT2D eigenvalue weighted by Crippen LogP contribution is -2.56. The predicted octanol–water partition coefficient (Wildman–Crippen LogP) is 0.0607. The van der Waals surface area contributed by atoms with Gasteiger partial charge in [0, 0.05) is 19.4 Å². The average Bonchev–Trinajstić information content (AvgIpc) is 2.95. The minimum Gasteiger partial charge on any atom is -0.370 e. The van der Waals surface area contributed by atoms with Crippen LogP contribution in [-0.2, 0) is 25.6 Å². The van der Waals surface area contributed by atoms with Gasteiger partial charge in [-0.2, -0.15) is 0 Å². The fraction of sp³-hybridized carbons (Fsp3) is 0.393. The van der Waals surface area contributed by atoms with Crippen LogP contribution < -0.4 is 38.5 Å². The zero-order valence-corrected chi connectivity index (χ0v) is 24.2. The Morgan fingerprint density at radius 3 is 2.05 bits per heavy atom. The quantitative estimate of drug-likeness (QED) is 0.0553. The number of carbonyl (C=O) groups is 4. The van der Waals surface area contributed by atoms with Gasteiger partial charge in [-0.05, 0) is 48.9 Å². The van der Waals surface area contributed by atoms with E-state index in [4.69, 9.17) is 22.6 Å². The van der Waals surface area contributed by atoms with E-state index < -0.39 is 35.6 Å². The molecule has 41 heavy (non-hydrogen) atoms. The Morgan fingerprint density at radius 1 is 0.805 bits per heavy atom. The van der Waals surface area contributed by atoms with Gasteiger partial charge in [0.1, 0.15) is 17.9 Å². The van der Waals surface area contributed by atoms with Crippen LogP contribution in [0.3, 0.4) is 0 Å². The molecule has 0 bridgehead atoms. The monoisotopic (exact) mass is 584 g/mol. The van der Waals surface area contributed by atoms with Crippen molar-refractivity contribution in [3.8, 4) is 11.1 Å². The van der Waals surface area contributed by atoms with Gasteiger partial charge < -0.3 is 38.5 Å². The van der Waals surface area contributed by atoms with Crippen LogP contribution in [-0.4, -0.2) is 60.5 Å². The number of primary amides is 1. The molecule has 0 fully saturated rings. The van der Waals surface area contributed by atoms with Crippen LogP contribution in [0.25, 0.3) is 11.1 Å². The fourth-order valence-electron chi connectivity index (χ4n) is 4.00. The first-order valence-electron chi connectivity index (χ1n) is 13.5. The van der Waals surface area contributed by atoms with Crippen LogP contribution in [0.15, 0.2) is 54.6 Å². The highest BCUT2D eigenvalue weighted by Gasteiger charge is 2.28. The maximum atomic E-state index is 13.4. The Kier molecular flexibility index (Phi) is 14.3. The first kappa shape index (κ1) is 33.2. The van der Waals surface area contributed by atoms with Gasteiger partial charge in [0.2, 0.25) is 23.6 Å². The summed E-state index contributed by atoms with van der Waals surface area (Å²) in [5, 5.41) is 17.8. The molecule has 4 amide bonds. The van der Waals surface area contributed by atoms with E-state index in [0.717, 1.165) is 16.7 Å². The second-order valence-corrected chi connectivity index (χ2v) is 10.2. The largest absolute Gasteiger partial charge is 0.370 e. The van der Waals surface area contributed by atoms with Crippen LogP contribution in [0.1, 0.15) is 37.7 Å². The summed E-state index contributed by atoms with van der Waals surface area (Å²) >= 11 is 0. The van der Waals surface area contributed by atoms with Crippen molar-refractivity contribution < 1.29 is 19.2 Å². The van der Waals surface area contributed by atoms with Gasteiger partial charge in [0.25, 0.3) is 0 Å². The first-order valence-corrected chi connectivity index (χ1v) is 14.1. The predicted molar refractivity (Wildman–Crippen MR) is 162 cm³/mol. The van der Waals surface area contributed by atoms with Crippen molar-refractivity contribution >= 4 is 38.8 Å². The third-order valence-electron chi connectivity index (χ3n) is 6.24. The molecule has 11 N–H and O–H groups in total. The maximum absolute atomic E-state index is 13.4. The molecule has 0 spiro atoms. The van der Waals surface area contributed by atoms with Gasteiger partial charge in [0.15, 0.2) is 5.96 Å². The summed E-state index contributed by atoms with van der Waals surface area (Å²) in [5.41, 5.74) is 19.1. The highest BCUT2D eigenvalue weighted by Crippen LogP contribution is 2.20. The van der Waals surface area contributed by atoms with Gasteiger partial charge in [-0.25, -0.2) is 0 Å². The van der Waals surface area contributed by atoms with Gasteiger partial charge in [0.05, 0.1) is 0 Å². The Balaban J connectivity index is 2.14. The summed E-state index contributed by atoms with van der Waals surface area (Å²) in [4.78, 5) is 50.4. The first-order chi connectivity index (χ1) is 19.6. The number of hydrogen-bond donors (Lipinski definition) is 8. The van der Waals surface area contributed by atoms with Gasteiger partial charge in [-0.15, -0.1) is 9.24 Å². The van der Waals surface area contributed by atoms with Crippen LogP contribution in [0.5, 0.6) is 0 Å². The molecule has 12 nitrogen and oxygen atoms in total. The zero-order valence-electron chi connectivity index (χ0n) is 23.0. The van der Waals surface area contributed by atoms with Crippen molar-refractivity contribution in [2.75, 3.05) is 13.1 Å². The van der Waals surface area contributed by atoms with E-state index in [1.807, 2.05) is 54.6 Å². The lowest BCUT2D eigenvalue weighted by molar-refractivity contribution is -0.132. The summed E-state index contributed by atoms with van der Waals surface area (Å²) in [6.45, 7) is 0.791. The van der Waals surface area contributed by atoms with Crippen molar-refractivity contribution in [3.63, 3.8) is 0 Å². The minimum absolute atomic E-state index is 0.138. The summed E-state index contributed by atoms with van der Waals surface area (Å²) in [6, 6.07) is 15.4. The molecule has 1 unspecified atom stereocenters. The van der Waals surface area contributed by atoms with E-state index in [2.05, 4.69) is 30.5 Å². The molecule has 0 aliphatic heterocycles. The van der Waals surface area contributed by atoms with Crippen LogP contribution in [0.2, 0.25) is 0 Å². The molecule has 222 valence electrons. The van der Waals surface area contributed by atoms with Crippen LogP contribution in [0, 0.1) is 5.41 Å². The highest BCUT2D eigenvalue weighted by molar-refractivity contribution is 7.19. The van der Waals surface area contributed by atoms with Gasteiger partial charge in [-0.1, -0.05) is 54.6 Å². The zero-order chi connectivity index (χ0) is 30.2. The topological polar surface area (TPSA) is 218 Å². The normalized spacial score (nSPS) is 12.8. The van der Waals surface area contributed by atoms with Crippen LogP contribution in [0.4, 0.5) is 0 Å². The molecule has 0 saturated heterocycles. The third-order valence-corrected chi connectivity index (χ3v) is 6.71. The molecule has 4 atom stereocenters. The number of amides is 4. The molecular formula is C28H41N8O4P. The van der Waals surface area contributed by atoms with E-state index in [1.54, 1.807) is 0 Å². The third kappa shape index (κ3) is 12.4. The molecule has 2 rings (SSSR count). The van der Waals surface area contributed by atoms with Gasteiger partial charge >= 0.3 is 0 Å². The lowest BCUT2D eigenvalue weighted by atomic mass is 10.00. The van der Waals surface area contributed by atoms with E-state index in [-0.39, 0.29) is 31.1 Å². The molecule has 2 aromatic rings. The molecule has 0 saturated carbocycles. The molecule has 0 aliphatic rings. The van der Waals surface area contributed by atoms with Crippen molar-refractivity contribution in [2.45, 2.75) is 56.4 Å². The van der Waals surface area contributed by atoms with Crippen molar-refractivity contribution in [1.82, 2.24) is 21.3 Å². The Bertz CT molecular complexity index is 1160. The number of unbranched alkanes of at least 4 members (excludes halogenated alkanes) is 1. The smallest absolute Gasteiger partial charge is 0.247 e. The standard InChI is InChI=1S/C28H41N8O4P/c29-15-6-10-23(37)36-27(41)26(40)35-22(17-18-11-13-20(14-12-18)19-7-2-1-3-8-19)25(39)34-21(24(30)38)9-4-5-16-33-28(31)32/h1-3,7-8,11-14,21-22,27H,4-6,9-10,15-17,29,41H2,(H2,30,38)(H,34,39)(H,35,40)(H,36,37)(H4,31,32,33)/t21-,22-,27-/m0/s1. The fourth-order valence-corrected chi connectivity index (χ4v) is 4.28. The van der Waals surface area contributed by atoms with Crippen LogP contribution >= 0.6 is 9.24 Å². The van der Waals surface area contributed by atoms with E-state index in [1.165, 1.54) is 0 Å². The summed E-state index contributed by atoms with van der Waals surface area (Å²) < 4.78 is 0. The molecule has 2 aromatic carbocycles. The summed E-state index contributed by atoms with van der Waals surface area (Å²) in [7, 11) is 2.25. The minimum atomic E-state index is -1.05. The molecule has 0 heterocycles. The molecule has 0 aliphatic carbocycles. The summed E-state index contributed by atoms with van der Waals surface area (Å²) in [6.07, 6.45) is 2.21. The molecule has 0 aromatic heterocycles. The number of carbonyl (C=O) groups excluding carboxylic acids is 4. The number of hydrogen-bond acceptors (Lipinski definition) is 6. The van der Waals surface area contributed by atoms with E-state index in [0.29, 0.717) is 32.4 Å². The van der Waals surface area contributed by atoms with Gasteiger partial charge in [-0.3, -0.25) is 24.6 Å². The number of nitrogens with two attached hydrogens (primary N) is 3. The molecular weight excluding hydrogens is 543 g/mol. The van der Waals surface area contributed by atoms with Crippen molar-refractivity contribution in [3.05, 3.63) is 60.2 Å². The second-order valence-electron chi connectivity index (χ2n) is 9.57. The number of benzene rings is 2. The van der Waals surface area contributed by atoms with E-state index in [9.17, 15) is 19.2 Å². The van der Waals surface area contributed by atoms with Crippen molar-refractivity contribution in [1.29, 1.82) is 5.41 Å². The highest BCUT2D eigenvalue weighted by atomic mass is 31.0. The Hall–Kier alpha value is -4.02. The number of guanidine groups is 1. The number of rotatable bonds is 17. The molecule has 0 radical (unpaired) electrons. The maximum Gasteiger partial charge on any atom is 0.247 e. The number of nitrogens with one attached hydrogen (secondary N) is 5. The summed E-state index contributed by atoms with van der Waals surface area (Å²) in [5.74, 6) is -3.33. The second kappa shape index (κ2) is 17.6. The SMILES string of the molecule is N=C(N)NCCCC[C@H](NC(=O)[C@H](Cc1ccc(-c2ccccc2)cc1)NC(=O)[C@H](P)NC(=O)CCCN)C(N)=O. The lowest BCUT2D eigenvalue weighted by Gasteiger charge is -2.24. The van der Waals surface area contributed by atoms with Crippen molar-refractivity contribution in [2.24, 2.45) is 17.2 Å². The Labute approximate surface area is 242 Å².